The Morgan fingerprint density at radius 3 is 2.43 bits per heavy atom. The Morgan fingerprint density at radius 2 is 1.71 bits per heavy atom. The van der Waals surface area contributed by atoms with Crippen LogP contribution >= 0.6 is 0 Å². The number of pyridine rings is 1. The zero-order valence-corrected chi connectivity index (χ0v) is 12.8. The quantitative estimate of drug-likeness (QED) is 0.907. The molecule has 1 aliphatic carbocycles. The molecule has 1 aromatic heterocycles. The van der Waals surface area contributed by atoms with Crippen molar-refractivity contribution in [1.82, 2.24) is 10.3 Å². The molecular formula is C19H24N2. The average Bonchev–Trinajstić information content (AvgIpc) is 2.54. The van der Waals surface area contributed by atoms with Gasteiger partial charge >= 0.3 is 0 Å². The molecular weight excluding hydrogens is 256 g/mol. The van der Waals surface area contributed by atoms with E-state index in [2.05, 4.69) is 65.8 Å². The molecule has 0 unspecified atom stereocenters. The summed E-state index contributed by atoms with van der Waals surface area (Å²) in [6.45, 7) is 2.94. The molecule has 21 heavy (non-hydrogen) atoms. The van der Waals surface area contributed by atoms with E-state index in [1.54, 1.807) is 0 Å². The summed E-state index contributed by atoms with van der Waals surface area (Å²) in [4.78, 5) is 4.56. The molecule has 1 heterocycles. The third kappa shape index (κ3) is 3.92. The van der Waals surface area contributed by atoms with Gasteiger partial charge in [0, 0.05) is 18.3 Å². The first-order chi connectivity index (χ1) is 10.3. The van der Waals surface area contributed by atoms with Crippen molar-refractivity contribution in [3.63, 3.8) is 0 Å². The Kier molecular flexibility index (Phi) is 4.66. The van der Waals surface area contributed by atoms with Crippen LogP contribution in [-0.2, 0) is 6.54 Å². The van der Waals surface area contributed by atoms with Crippen LogP contribution in [0.2, 0.25) is 0 Å². The van der Waals surface area contributed by atoms with E-state index in [0.29, 0.717) is 6.04 Å². The highest BCUT2D eigenvalue weighted by Gasteiger charge is 2.21. The molecule has 0 atom stereocenters. The van der Waals surface area contributed by atoms with E-state index in [0.717, 1.165) is 23.9 Å². The fraction of sp³-hybridized carbons (Fsp3) is 0.421. The van der Waals surface area contributed by atoms with Crippen molar-refractivity contribution in [3.05, 3.63) is 65.5 Å². The summed E-state index contributed by atoms with van der Waals surface area (Å²) >= 11 is 0. The van der Waals surface area contributed by atoms with Gasteiger partial charge in [-0.15, -0.1) is 0 Å². The number of rotatable bonds is 4. The maximum Gasteiger partial charge on any atom is 0.0544 e. The van der Waals surface area contributed by atoms with E-state index in [9.17, 15) is 0 Å². The number of hydrogen-bond donors (Lipinski definition) is 1. The van der Waals surface area contributed by atoms with Gasteiger partial charge < -0.3 is 5.32 Å². The predicted octanol–water partition coefficient (Wildman–Crippen LogP) is 4.21. The fourth-order valence-electron chi connectivity index (χ4n) is 3.30. The predicted molar refractivity (Wildman–Crippen MR) is 87.3 cm³/mol. The summed E-state index contributed by atoms with van der Waals surface area (Å²) < 4.78 is 0. The van der Waals surface area contributed by atoms with Crippen molar-refractivity contribution in [3.8, 4) is 0 Å². The van der Waals surface area contributed by atoms with Crippen LogP contribution in [0.1, 0.15) is 48.6 Å². The third-order valence-electron chi connectivity index (χ3n) is 4.52. The average molecular weight is 280 g/mol. The lowest BCUT2D eigenvalue weighted by Crippen LogP contribution is -2.32. The lowest BCUT2D eigenvalue weighted by molar-refractivity contribution is 0.340. The van der Waals surface area contributed by atoms with Crippen LogP contribution in [0, 0.1) is 6.92 Å². The molecule has 3 rings (SSSR count). The second-order valence-corrected chi connectivity index (χ2v) is 6.11. The van der Waals surface area contributed by atoms with Gasteiger partial charge in [0.15, 0.2) is 0 Å². The number of benzene rings is 1. The van der Waals surface area contributed by atoms with Gasteiger partial charge in [0.2, 0.25) is 0 Å². The zero-order chi connectivity index (χ0) is 14.5. The van der Waals surface area contributed by atoms with Crippen molar-refractivity contribution in [2.75, 3.05) is 0 Å². The van der Waals surface area contributed by atoms with Crippen LogP contribution in [0.15, 0.2) is 48.5 Å². The molecule has 0 amide bonds. The molecule has 110 valence electrons. The highest BCUT2D eigenvalue weighted by Crippen LogP contribution is 2.32. The zero-order valence-electron chi connectivity index (χ0n) is 12.8. The molecule has 1 N–H and O–H groups in total. The summed E-state index contributed by atoms with van der Waals surface area (Å²) in [7, 11) is 0. The first kappa shape index (κ1) is 14.3. The Hall–Kier alpha value is -1.67. The molecule has 0 bridgehead atoms. The molecule has 1 aromatic carbocycles. The molecule has 0 spiro atoms. The molecule has 1 saturated carbocycles. The maximum atomic E-state index is 4.56. The largest absolute Gasteiger partial charge is 0.308 e. The molecule has 2 aromatic rings. The summed E-state index contributed by atoms with van der Waals surface area (Å²) in [6.07, 6.45) is 5.13. The number of aromatic nitrogens is 1. The van der Waals surface area contributed by atoms with Gasteiger partial charge in [0.25, 0.3) is 0 Å². The van der Waals surface area contributed by atoms with E-state index in [1.807, 2.05) is 0 Å². The van der Waals surface area contributed by atoms with E-state index in [1.165, 1.54) is 31.2 Å². The second-order valence-electron chi connectivity index (χ2n) is 6.11. The Bertz CT molecular complexity index is 557. The molecule has 1 aliphatic rings. The number of nitrogens with one attached hydrogen (secondary N) is 1. The second kappa shape index (κ2) is 6.86. The van der Waals surface area contributed by atoms with Crippen LogP contribution in [0.5, 0.6) is 0 Å². The van der Waals surface area contributed by atoms with Crippen molar-refractivity contribution < 1.29 is 0 Å². The Morgan fingerprint density at radius 1 is 0.952 bits per heavy atom. The highest BCUT2D eigenvalue weighted by molar-refractivity contribution is 5.20. The summed E-state index contributed by atoms with van der Waals surface area (Å²) in [5.74, 6) is 0.751. The van der Waals surface area contributed by atoms with Crippen molar-refractivity contribution in [2.45, 2.75) is 51.1 Å². The Balaban J connectivity index is 1.48. The van der Waals surface area contributed by atoms with E-state index in [4.69, 9.17) is 0 Å². The molecule has 0 radical (unpaired) electrons. The first-order valence-corrected chi connectivity index (χ1v) is 8.02. The minimum Gasteiger partial charge on any atom is -0.308 e. The van der Waals surface area contributed by atoms with Crippen LogP contribution < -0.4 is 5.32 Å². The number of hydrogen-bond acceptors (Lipinski definition) is 2. The maximum absolute atomic E-state index is 4.56. The third-order valence-corrected chi connectivity index (χ3v) is 4.52. The van der Waals surface area contributed by atoms with Crippen molar-refractivity contribution in [1.29, 1.82) is 0 Å². The minimum absolute atomic E-state index is 0.646. The molecule has 2 heteroatoms. The van der Waals surface area contributed by atoms with E-state index < -0.39 is 0 Å². The van der Waals surface area contributed by atoms with Gasteiger partial charge in [0.1, 0.15) is 0 Å². The molecule has 0 saturated heterocycles. The van der Waals surface area contributed by atoms with Gasteiger partial charge in [-0.25, -0.2) is 0 Å². The van der Waals surface area contributed by atoms with Gasteiger partial charge in [0.05, 0.1) is 5.69 Å². The lowest BCUT2D eigenvalue weighted by Gasteiger charge is -2.29. The SMILES string of the molecule is Cc1cccc(CNC2CCC(c3ccccc3)CC2)n1. The van der Waals surface area contributed by atoms with Crippen LogP contribution in [0.4, 0.5) is 0 Å². The topological polar surface area (TPSA) is 24.9 Å². The highest BCUT2D eigenvalue weighted by atomic mass is 14.9. The minimum atomic E-state index is 0.646. The Labute approximate surface area is 127 Å². The number of aryl methyl sites for hydroxylation is 1. The molecule has 2 nitrogen and oxygen atoms in total. The summed E-state index contributed by atoms with van der Waals surface area (Å²) in [6, 6.07) is 17.9. The standard InChI is InChI=1S/C19H24N2/c1-15-6-5-9-19(21-15)14-20-18-12-10-17(11-13-18)16-7-3-2-4-8-16/h2-9,17-18,20H,10-14H2,1H3. The normalized spacial score (nSPS) is 22.1. The van der Waals surface area contributed by atoms with Crippen LogP contribution in [0.3, 0.4) is 0 Å². The van der Waals surface area contributed by atoms with Crippen LogP contribution in [-0.4, -0.2) is 11.0 Å². The van der Waals surface area contributed by atoms with E-state index in [-0.39, 0.29) is 0 Å². The van der Waals surface area contributed by atoms with Crippen molar-refractivity contribution in [2.24, 2.45) is 0 Å². The van der Waals surface area contributed by atoms with Gasteiger partial charge in [-0.05, 0) is 56.2 Å². The lowest BCUT2D eigenvalue weighted by atomic mass is 9.82. The monoisotopic (exact) mass is 280 g/mol. The van der Waals surface area contributed by atoms with E-state index >= 15 is 0 Å². The molecule has 0 aliphatic heterocycles. The van der Waals surface area contributed by atoms with Gasteiger partial charge in [-0.3, -0.25) is 4.98 Å². The smallest absolute Gasteiger partial charge is 0.0544 e. The first-order valence-electron chi connectivity index (χ1n) is 8.02. The van der Waals surface area contributed by atoms with Crippen molar-refractivity contribution >= 4 is 0 Å². The van der Waals surface area contributed by atoms with Gasteiger partial charge in [-0.1, -0.05) is 36.4 Å². The molecule has 1 fully saturated rings. The van der Waals surface area contributed by atoms with Gasteiger partial charge in [-0.2, -0.15) is 0 Å². The summed E-state index contributed by atoms with van der Waals surface area (Å²) in [5, 5.41) is 3.67. The van der Waals surface area contributed by atoms with Crippen LogP contribution in [0.25, 0.3) is 0 Å². The fourth-order valence-corrected chi connectivity index (χ4v) is 3.30. The summed E-state index contributed by atoms with van der Waals surface area (Å²) in [5.41, 5.74) is 3.76. The number of nitrogens with zero attached hydrogens (tertiary/aromatic N) is 1.